The summed E-state index contributed by atoms with van der Waals surface area (Å²) >= 11 is 6.49. The second kappa shape index (κ2) is 11.7. The first kappa shape index (κ1) is 30.8. The number of imide groups is 1. The summed E-state index contributed by atoms with van der Waals surface area (Å²) in [6.07, 6.45) is 0.783. The molecule has 1 saturated heterocycles. The van der Waals surface area contributed by atoms with Gasteiger partial charge in [-0.15, -0.1) is 11.8 Å². The molecule has 2 saturated carbocycles. The summed E-state index contributed by atoms with van der Waals surface area (Å²) in [5, 5.41) is 5.92. The van der Waals surface area contributed by atoms with Gasteiger partial charge in [0, 0.05) is 31.8 Å². The van der Waals surface area contributed by atoms with Crippen LogP contribution in [0.4, 0.5) is 11.4 Å². The van der Waals surface area contributed by atoms with Crippen LogP contribution in [0.2, 0.25) is 0 Å². The third kappa shape index (κ3) is 5.00. The van der Waals surface area contributed by atoms with E-state index in [1.807, 2.05) is 91.9 Å². The van der Waals surface area contributed by atoms with Gasteiger partial charge >= 0.3 is 4.87 Å². The highest BCUT2D eigenvalue weighted by Gasteiger charge is 2.69. The molecule has 0 radical (unpaired) electrons. The maximum Gasteiger partial charge on any atom is 0.305 e. The van der Waals surface area contributed by atoms with Crippen molar-refractivity contribution in [1.82, 2.24) is 4.98 Å². The van der Waals surface area contributed by atoms with E-state index < -0.39 is 5.92 Å². The van der Waals surface area contributed by atoms with Gasteiger partial charge in [-0.2, -0.15) is 0 Å². The first-order valence-corrected chi connectivity index (χ1v) is 18.8. The Labute approximate surface area is 298 Å². The Balaban J connectivity index is 1.04. The van der Waals surface area contributed by atoms with Crippen molar-refractivity contribution >= 4 is 78.9 Å². The van der Waals surface area contributed by atoms with Crippen LogP contribution >= 0.6 is 39.0 Å². The molecule has 3 heterocycles. The zero-order valence-electron chi connectivity index (χ0n) is 26.2. The number of anilines is 2. The van der Waals surface area contributed by atoms with Gasteiger partial charge in [0.25, 0.3) is 5.91 Å². The van der Waals surface area contributed by atoms with E-state index >= 15 is 0 Å². The van der Waals surface area contributed by atoms with Crippen molar-refractivity contribution in [2.75, 3.05) is 16.8 Å². The quantitative estimate of drug-likeness (QED) is 0.176. The van der Waals surface area contributed by atoms with Gasteiger partial charge in [0.05, 0.1) is 22.5 Å². The standard InChI is InChI=1S/C38H30BrN3O5S2/c1-18-6-11-23(12-7-18)42-36(44)31-25-16-26(32(31)37(42)45)33-30(25)29(34-35(48-33)41-38(46)49-34)24-15-21(39)9-13-27(24)47-17-28(43)40-22-10-8-19-4-2-3-5-20(19)14-22/h2-15,25-26,29-33H,16-17H2,1H3,(H,40,43)(H,41,46)/t25-,26-,29+,30-,31+,32+,33-/m1/s1. The highest BCUT2D eigenvalue weighted by molar-refractivity contribution is 9.10. The van der Waals surface area contributed by atoms with E-state index in [1.54, 1.807) is 11.8 Å². The van der Waals surface area contributed by atoms with Crippen molar-refractivity contribution in [1.29, 1.82) is 0 Å². The summed E-state index contributed by atoms with van der Waals surface area (Å²) in [6.45, 7) is 1.77. The summed E-state index contributed by atoms with van der Waals surface area (Å²) in [4.78, 5) is 59.3. The Hall–Kier alpha value is -4.19. The fourth-order valence-corrected chi connectivity index (χ4v) is 12.1. The van der Waals surface area contributed by atoms with Crippen LogP contribution in [0.25, 0.3) is 10.8 Å². The van der Waals surface area contributed by atoms with Crippen molar-refractivity contribution in [3.05, 3.63) is 115 Å². The van der Waals surface area contributed by atoms with Gasteiger partial charge < -0.3 is 15.0 Å². The lowest BCUT2D eigenvalue weighted by atomic mass is 9.68. The number of rotatable bonds is 6. The lowest BCUT2D eigenvalue weighted by Gasteiger charge is -2.43. The van der Waals surface area contributed by atoms with Gasteiger partial charge in [0.2, 0.25) is 11.8 Å². The van der Waals surface area contributed by atoms with Gasteiger partial charge in [-0.3, -0.25) is 24.1 Å². The molecular formula is C38H30BrN3O5S2. The number of carbonyl (C=O) groups excluding carboxylic acids is 3. The topological polar surface area (TPSA) is 109 Å². The number of carbonyl (C=O) groups is 3. The molecular weight excluding hydrogens is 722 g/mol. The molecule has 4 aromatic carbocycles. The number of nitrogens with zero attached hydrogens (tertiary/aromatic N) is 1. The van der Waals surface area contributed by atoms with Crippen LogP contribution in [0.3, 0.4) is 0 Å². The molecule has 2 N–H and O–H groups in total. The van der Waals surface area contributed by atoms with E-state index in [-0.39, 0.29) is 64.0 Å². The minimum absolute atomic E-state index is 0.000188. The van der Waals surface area contributed by atoms with Gasteiger partial charge in [0.1, 0.15) is 5.75 Å². The number of aryl methyl sites for hydroxylation is 1. The van der Waals surface area contributed by atoms with E-state index in [0.29, 0.717) is 17.1 Å². The summed E-state index contributed by atoms with van der Waals surface area (Å²) < 4.78 is 7.12. The molecule has 7 atom stereocenters. The molecule has 9 rings (SSSR count). The average molecular weight is 753 g/mol. The number of ether oxygens (including phenoxy) is 1. The van der Waals surface area contributed by atoms with Crippen molar-refractivity contribution in [2.24, 2.45) is 29.6 Å². The van der Waals surface area contributed by atoms with Crippen LogP contribution in [-0.4, -0.2) is 34.6 Å². The normalized spacial score (nSPS) is 26.5. The molecule has 2 aliphatic carbocycles. The SMILES string of the molecule is Cc1ccc(N2C(=O)[C@H]3[C@H]4C[C@@H]([C@@H]3C2=O)[C@@H]2[C@H](c3cc(Br)ccc3OCC(=O)Nc3ccc5ccccc5c3)c3sc(=O)[nH]c3S[C@H]42)cc1. The van der Waals surface area contributed by atoms with Crippen molar-refractivity contribution in [3.63, 3.8) is 0 Å². The van der Waals surface area contributed by atoms with Gasteiger partial charge in [-0.1, -0.05) is 75.3 Å². The van der Waals surface area contributed by atoms with Gasteiger partial charge in [-0.05, 0) is 84.3 Å². The molecule has 3 fully saturated rings. The molecule has 11 heteroatoms. The zero-order chi connectivity index (χ0) is 33.6. The van der Waals surface area contributed by atoms with E-state index in [2.05, 4.69) is 26.2 Å². The smallest absolute Gasteiger partial charge is 0.305 e. The van der Waals surface area contributed by atoms with E-state index in [1.165, 1.54) is 16.2 Å². The first-order chi connectivity index (χ1) is 23.7. The van der Waals surface area contributed by atoms with E-state index in [4.69, 9.17) is 4.74 Å². The van der Waals surface area contributed by atoms with Crippen LogP contribution in [0, 0.1) is 36.5 Å². The number of thioether (sulfide) groups is 1. The molecule has 1 aromatic heterocycles. The van der Waals surface area contributed by atoms with Crippen molar-refractivity contribution in [3.8, 4) is 5.75 Å². The number of H-pyrrole nitrogens is 1. The van der Waals surface area contributed by atoms with Gasteiger partial charge in [-0.25, -0.2) is 0 Å². The Morgan fingerprint density at radius 3 is 2.49 bits per heavy atom. The van der Waals surface area contributed by atoms with Crippen LogP contribution in [0.15, 0.2) is 99.2 Å². The maximum absolute atomic E-state index is 14.1. The largest absolute Gasteiger partial charge is 0.483 e. The molecule has 5 aromatic rings. The number of fused-ring (bicyclic) bond motifs is 10. The van der Waals surface area contributed by atoms with Crippen LogP contribution < -0.4 is 19.8 Å². The van der Waals surface area contributed by atoms with Crippen LogP contribution in [0.5, 0.6) is 5.75 Å². The van der Waals surface area contributed by atoms with Crippen molar-refractivity contribution in [2.45, 2.75) is 29.5 Å². The molecule has 49 heavy (non-hydrogen) atoms. The minimum Gasteiger partial charge on any atom is -0.483 e. The number of hydrogen-bond donors (Lipinski definition) is 2. The minimum atomic E-state index is -0.412. The number of amides is 3. The second-order valence-electron chi connectivity index (χ2n) is 13.4. The number of halogens is 1. The predicted octanol–water partition coefficient (Wildman–Crippen LogP) is 7.36. The first-order valence-electron chi connectivity index (χ1n) is 16.3. The van der Waals surface area contributed by atoms with E-state index in [0.717, 1.165) is 42.7 Å². The molecule has 2 bridgehead atoms. The van der Waals surface area contributed by atoms with Crippen molar-refractivity contribution < 1.29 is 19.1 Å². The summed E-state index contributed by atoms with van der Waals surface area (Å²) in [5.74, 6) is -1.08. The monoisotopic (exact) mass is 751 g/mol. The maximum atomic E-state index is 14.1. The molecule has 2 aliphatic heterocycles. The second-order valence-corrected chi connectivity index (χ2v) is 16.5. The number of nitrogens with one attached hydrogen (secondary N) is 2. The number of hydrogen-bond acceptors (Lipinski definition) is 7. The zero-order valence-corrected chi connectivity index (χ0v) is 29.4. The lowest BCUT2D eigenvalue weighted by molar-refractivity contribution is -0.123. The lowest BCUT2D eigenvalue weighted by Crippen LogP contribution is -2.42. The Morgan fingerprint density at radius 2 is 1.69 bits per heavy atom. The molecule has 8 nitrogen and oxygen atoms in total. The fourth-order valence-electron chi connectivity index (χ4n) is 8.81. The number of thiazole rings is 1. The summed E-state index contributed by atoms with van der Waals surface area (Å²) in [7, 11) is 0. The number of benzene rings is 4. The molecule has 0 spiro atoms. The molecule has 4 aliphatic rings. The van der Waals surface area contributed by atoms with Gasteiger partial charge in [0.15, 0.2) is 6.61 Å². The predicted molar refractivity (Wildman–Crippen MR) is 194 cm³/mol. The Morgan fingerprint density at radius 1 is 0.939 bits per heavy atom. The third-order valence-electron chi connectivity index (χ3n) is 10.7. The average Bonchev–Trinajstić information content (AvgIpc) is 3.83. The molecule has 246 valence electrons. The fraction of sp³-hybridized carbons (Fsp3) is 0.263. The Bertz CT molecular complexity index is 2250. The molecule has 3 amide bonds. The summed E-state index contributed by atoms with van der Waals surface area (Å²) in [6, 6.07) is 27.0. The van der Waals surface area contributed by atoms with Crippen LogP contribution in [0.1, 0.15) is 28.3 Å². The van der Waals surface area contributed by atoms with E-state index in [9.17, 15) is 19.2 Å². The summed E-state index contributed by atoms with van der Waals surface area (Å²) in [5.41, 5.74) is 3.22. The Kier molecular flexibility index (Phi) is 7.37. The number of aromatic amines is 1. The highest BCUT2D eigenvalue weighted by Crippen LogP contribution is 2.69. The molecule has 0 unspecified atom stereocenters. The highest BCUT2D eigenvalue weighted by atomic mass is 79.9. The number of aromatic nitrogens is 1. The van der Waals surface area contributed by atoms with Crippen LogP contribution in [-0.2, 0) is 14.4 Å². The third-order valence-corrected chi connectivity index (χ3v) is 13.8.